The summed E-state index contributed by atoms with van der Waals surface area (Å²) in [5.74, 6) is -1.60. The monoisotopic (exact) mass is 240 g/mol. The fraction of sp³-hybridized carbons (Fsp3) is 0.286. The van der Waals surface area contributed by atoms with E-state index in [9.17, 15) is 21.6 Å². The Morgan fingerprint density at radius 1 is 1.47 bits per heavy atom. The van der Waals surface area contributed by atoms with Gasteiger partial charge in [-0.15, -0.1) is 0 Å². The Labute approximate surface area is 84.0 Å². The highest BCUT2D eigenvalue weighted by molar-refractivity contribution is 7.89. The molecule has 0 aliphatic rings. The van der Waals surface area contributed by atoms with Crippen molar-refractivity contribution in [2.75, 3.05) is 0 Å². The molecule has 2 N–H and O–H groups in total. The average Bonchev–Trinajstić information content (AvgIpc) is 2.06. The smallest absolute Gasteiger partial charge is 0.249 e. The van der Waals surface area contributed by atoms with Crippen LogP contribution in [0.25, 0.3) is 0 Å². The lowest BCUT2D eigenvalue weighted by Crippen LogP contribution is -2.16. The maximum absolute atomic E-state index is 13.2. The number of aryl methyl sites for hydroxylation is 1. The van der Waals surface area contributed by atoms with Gasteiger partial charge in [-0.05, 0) is 13.0 Å². The molecule has 4 nitrogen and oxygen atoms in total. The van der Waals surface area contributed by atoms with Crippen LogP contribution in [-0.4, -0.2) is 13.4 Å². The van der Waals surface area contributed by atoms with Gasteiger partial charge in [0.05, 0.1) is 0 Å². The molecule has 0 bridgehead atoms. The van der Waals surface area contributed by atoms with E-state index in [1.54, 1.807) is 0 Å². The molecule has 0 atom stereocenters. The zero-order valence-electron chi connectivity index (χ0n) is 7.54. The van der Waals surface area contributed by atoms with Crippen molar-refractivity contribution < 1.29 is 21.6 Å². The van der Waals surface area contributed by atoms with E-state index in [1.165, 1.54) is 6.92 Å². The quantitative estimate of drug-likeness (QED) is 0.841. The number of sulfonamides is 1. The zero-order valence-corrected chi connectivity index (χ0v) is 8.35. The van der Waals surface area contributed by atoms with E-state index >= 15 is 0 Å². The number of alkyl halides is 2. The van der Waals surface area contributed by atoms with Crippen LogP contribution in [-0.2, 0) is 10.0 Å². The van der Waals surface area contributed by atoms with E-state index in [4.69, 9.17) is 0 Å². The predicted molar refractivity (Wildman–Crippen MR) is 45.3 cm³/mol. The van der Waals surface area contributed by atoms with E-state index < -0.39 is 32.9 Å². The summed E-state index contributed by atoms with van der Waals surface area (Å²) in [6, 6.07) is 0.802. The molecule has 0 radical (unpaired) electrons. The number of pyridine rings is 1. The zero-order chi connectivity index (χ0) is 11.8. The van der Waals surface area contributed by atoms with Crippen LogP contribution < -0.4 is 5.14 Å². The lowest BCUT2D eigenvalue weighted by molar-refractivity contribution is 0.139. The molecule has 0 saturated carbocycles. The Hall–Kier alpha value is -1.15. The molecule has 0 aromatic carbocycles. The minimum atomic E-state index is -4.36. The summed E-state index contributed by atoms with van der Waals surface area (Å²) < 4.78 is 59.4. The molecule has 0 aliphatic carbocycles. The van der Waals surface area contributed by atoms with Crippen molar-refractivity contribution in [1.82, 2.24) is 4.98 Å². The Bertz CT molecular complexity index is 487. The van der Waals surface area contributed by atoms with Crippen molar-refractivity contribution in [3.8, 4) is 0 Å². The van der Waals surface area contributed by atoms with Gasteiger partial charge in [-0.2, -0.15) is 0 Å². The van der Waals surface area contributed by atoms with Crippen LogP contribution in [0.5, 0.6) is 0 Å². The van der Waals surface area contributed by atoms with Crippen molar-refractivity contribution in [3.05, 3.63) is 23.3 Å². The Kier molecular flexibility index (Phi) is 3.00. The van der Waals surface area contributed by atoms with Crippen LogP contribution in [0.4, 0.5) is 13.2 Å². The summed E-state index contributed by atoms with van der Waals surface area (Å²) in [6.45, 7) is 1.26. The third-order valence-corrected chi connectivity index (χ3v) is 2.50. The minimum absolute atomic E-state index is 0.0456. The normalized spacial score (nSPS) is 12.1. The van der Waals surface area contributed by atoms with Gasteiger partial charge in [-0.25, -0.2) is 31.7 Å². The molecule has 84 valence electrons. The summed E-state index contributed by atoms with van der Waals surface area (Å²) in [4.78, 5) is 2.23. The number of halogens is 3. The minimum Gasteiger partial charge on any atom is -0.249 e. The van der Waals surface area contributed by atoms with E-state index in [0.717, 1.165) is 6.07 Å². The van der Waals surface area contributed by atoms with E-state index in [2.05, 4.69) is 10.1 Å². The lowest BCUT2D eigenvalue weighted by Gasteiger charge is -2.06. The van der Waals surface area contributed by atoms with Gasteiger partial charge in [0.1, 0.15) is 10.6 Å². The maximum atomic E-state index is 13.2. The largest absolute Gasteiger partial charge is 0.283 e. The molecule has 0 spiro atoms. The molecular weight excluding hydrogens is 233 g/mol. The van der Waals surface area contributed by atoms with Crippen LogP contribution in [0.3, 0.4) is 0 Å². The van der Waals surface area contributed by atoms with Crippen molar-refractivity contribution in [3.63, 3.8) is 0 Å². The molecule has 0 saturated heterocycles. The summed E-state index contributed by atoms with van der Waals surface area (Å²) in [5.41, 5.74) is -1.25. The molecular formula is C7H7F3N2O2S. The van der Waals surface area contributed by atoms with Gasteiger partial charge in [0.2, 0.25) is 10.0 Å². The number of nitrogens with two attached hydrogens (primary N) is 1. The van der Waals surface area contributed by atoms with Gasteiger partial charge in [-0.3, -0.25) is 0 Å². The predicted octanol–water partition coefficient (Wildman–Crippen LogP) is 1.11. The van der Waals surface area contributed by atoms with Gasteiger partial charge < -0.3 is 0 Å². The number of aromatic nitrogens is 1. The van der Waals surface area contributed by atoms with Crippen molar-refractivity contribution in [2.45, 2.75) is 18.2 Å². The fourth-order valence-corrected chi connectivity index (χ4v) is 1.69. The van der Waals surface area contributed by atoms with Gasteiger partial charge in [-0.1, -0.05) is 0 Å². The summed E-state index contributed by atoms with van der Waals surface area (Å²) in [7, 11) is -4.36. The second-order valence-electron chi connectivity index (χ2n) is 2.81. The number of hydrogen-bond donors (Lipinski definition) is 1. The molecule has 0 fully saturated rings. The first kappa shape index (κ1) is 11.9. The molecule has 0 amide bonds. The Morgan fingerprint density at radius 3 is 2.40 bits per heavy atom. The van der Waals surface area contributed by atoms with Gasteiger partial charge >= 0.3 is 0 Å². The molecule has 1 heterocycles. The molecule has 8 heteroatoms. The van der Waals surface area contributed by atoms with E-state index in [1.807, 2.05) is 0 Å². The van der Waals surface area contributed by atoms with Gasteiger partial charge in [0, 0.05) is 5.69 Å². The third-order valence-electron chi connectivity index (χ3n) is 1.59. The summed E-state index contributed by atoms with van der Waals surface area (Å²) >= 11 is 0. The van der Waals surface area contributed by atoms with Crippen LogP contribution in [0.1, 0.15) is 17.8 Å². The number of primary sulfonamides is 1. The topological polar surface area (TPSA) is 73.1 Å². The first-order valence-corrected chi connectivity index (χ1v) is 5.26. The molecule has 1 aromatic heterocycles. The summed E-state index contributed by atoms with van der Waals surface area (Å²) in [6.07, 6.45) is -3.19. The Balaban J connectivity index is 3.56. The standard InChI is InChI=1S/C7H7F3N2O2S/c1-3-2-4(15(11,13)14)5(8)6(12-3)7(9)10/h2,7H,1H3,(H2,11,13,14). The van der Waals surface area contributed by atoms with Crippen LogP contribution in [0.2, 0.25) is 0 Å². The van der Waals surface area contributed by atoms with Gasteiger partial charge in [0.25, 0.3) is 6.43 Å². The van der Waals surface area contributed by atoms with Crippen molar-refractivity contribution >= 4 is 10.0 Å². The van der Waals surface area contributed by atoms with E-state index in [-0.39, 0.29) is 5.69 Å². The Morgan fingerprint density at radius 2 is 2.00 bits per heavy atom. The third kappa shape index (κ3) is 2.45. The molecule has 0 unspecified atom stereocenters. The lowest BCUT2D eigenvalue weighted by atomic mass is 10.3. The van der Waals surface area contributed by atoms with Crippen molar-refractivity contribution in [1.29, 1.82) is 0 Å². The average molecular weight is 240 g/mol. The molecule has 1 aromatic rings. The highest BCUT2D eigenvalue weighted by Gasteiger charge is 2.24. The molecule has 15 heavy (non-hydrogen) atoms. The number of nitrogens with zero attached hydrogens (tertiary/aromatic N) is 1. The second kappa shape index (κ2) is 3.78. The highest BCUT2D eigenvalue weighted by atomic mass is 32.2. The van der Waals surface area contributed by atoms with Gasteiger partial charge in [0.15, 0.2) is 5.82 Å². The van der Waals surface area contributed by atoms with Crippen molar-refractivity contribution in [2.24, 2.45) is 5.14 Å². The second-order valence-corrected chi connectivity index (χ2v) is 4.34. The van der Waals surface area contributed by atoms with Crippen LogP contribution in [0, 0.1) is 12.7 Å². The van der Waals surface area contributed by atoms with E-state index in [0.29, 0.717) is 0 Å². The first-order chi connectivity index (χ1) is 6.73. The maximum Gasteiger partial charge on any atom is 0.283 e. The highest BCUT2D eigenvalue weighted by Crippen LogP contribution is 2.24. The number of hydrogen-bond acceptors (Lipinski definition) is 3. The molecule has 1 rings (SSSR count). The first-order valence-electron chi connectivity index (χ1n) is 3.71. The SMILES string of the molecule is Cc1cc(S(N)(=O)=O)c(F)c(C(F)F)n1. The van der Waals surface area contributed by atoms with Crippen LogP contribution in [0.15, 0.2) is 11.0 Å². The van der Waals surface area contributed by atoms with Crippen LogP contribution >= 0.6 is 0 Å². The molecule has 0 aliphatic heterocycles. The fourth-order valence-electron chi connectivity index (χ4n) is 1.00. The number of rotatable bonds is 2. The summed E-state index contributed by atoms with van der Waals surface area (Å²) in [5, 5.41) is 4.66.